The van der Waals surface area contributed by atoms with Crippen LogP contribution < -0.4 is 10.6 Å². The average molecular weight is 273 g/mol. The predicted molar refractivity (Wildman–Crippen MR) is 77.7 cm³/mol. The van der Waals surface area contributed by atoms with Crippen molar-refractivity contribution in [3.63, 3.8) is 0 Å². The number of aromatic nitrogens is 1. The zero-order valence-corrected chi connectivity index (χ0v) is 11.9. The van der Waals surface area contributed by atoms with Crippen molar-refractivity contribution in [2.75, 3.05) is 11.9 Å². The largest absolute Gasteiger partial charge is 0.444 e. The first-order valence-corrected chi connectivity index (χ1v) is 6.67. The molecule has 1 aromatic heterocycles. The standard InChI is InChI=1S/C15H19N3O2/c1-4-16-13-7-5-12(6-8-13)14(19)18-11(3)15-17-9-10(2)20-15/h5-9,11,16H,4H2,1-3H3,(H,18,19). The van der Waals surface area contributed by atoms with E-state index in [1.807, 2.05) is 32.9 Å². The zero-order chi connectivity index (χ0) is 14.5. The van der Waals surface area contributed by atoms with Crippen LogP contribution in [0.2, 0.25) is 0 Å². The number of hydrogen-bond acceptors (Lipinski definition) is 4. The maximum absolute atomic E-state index is 12.1. The van der Waals surface area contributed by atoms with Gasteiger partial charge in [-0.15, -0.1) is 0 Å². The summed E-state index contributed by atoms with van der Waals surface area (Å²) in [6.45, 7) is 6.55. The number of oxazole rings is 1. The lowest BCUT2D eigenvalue weighted by Gasteiger charge is -2.11. The van der Waals surface area contributed by atoms with Crippen LogP contribution in [-0.2, 0) is 0 Å². The number of hydrogen-bond donors (Lipinski definition) is 2. The number of rotatable bonds is 5. The molecule has 2 N–H and O–H groups in total. The average Bonchev–Trinajstić information content (AvgIpc) is 2.86. The van der Waals surface area contributed by atoms with Crippen molar-refractivity contribution in [3.05, 3.63) is 47.7 Å². The van der Waals surface area contributed by atoms with Gasteiger partial charge in [-0.1, -0.05) is 0 Å². The summed E-state index contributed by atoms with van der Waals surface area (Å²) < 4.78 is 5.40. The summed E-state index contributed by atoms with van der Waals surface area (Å²) in [5, 5.41) is 6.05. The van der Waals surface area contributed by atoms with Gasteiger partial charge in [0.1, 0.15) is 11.8 Å². The van der Waals surface area contributed by atoms with Crippen LogP contribution in [-0.4, -0.2) is 17.4 Å². The molecule has 2 rings (SSSR count). The SMILES string of the molecule is CCNc1ccc(C(=O)NC(C)c2ncc(C)o2)cc1. The number of anilines is 1. The minimum absolute atomic E-state index is 0.142. The Labute approximate surface area is 118 Å². The first-order chi connectivity index (χ1) is 9.60. The quantitative estimate of drug-likeness (QED) is 0.879. The van der Waals surface area contributed by atoms with Gasteiger partial charge in [0.05, 0.1) is 6.20 Å². The van der Waals surface area contributed by atoms with Crippen molar-refractivity contribution >= 4 is 11.6 Å². The van der Waals surface area contributed by atoms with E-state index in [0.29, 0.717) is 11.5 Å². The van der Waals surface area contributed by atoms with Gasteiger partial charge in [-0.05, 0) is 45.0 Å². The van der Waals surface area contributed by atoms with Crippen molar-refractivity contribution in [3.8, 4) is 0 Å². The lowest BCUT2D eigenvalue weighted by molar-refractivity contribution is 0.0934. The normalized spacial score (nSPS) is 11.9. The van der Waals surface area contributed by atoms with Crippen molar-refractivity contribution in [2.45, 2.75) is 26.8 Å². The molecule has 5 nitrogen and oxygen atoms in total. The van der Waals surface area contributed by atoms with Gasteiger partial charge in [0.2, 0.25) is 5.89 Å². The van der Waals surface area contributed by atoms with E-state index in [1.54, 1.807) is 18.3 Å². The second-order valence-electron chi connectivity index (χ2n) is 4.61. The molecule has 0 bridgehead atoms. The topological polar surface area (TPSA) is 67.2 Å². The molecule has 1 atom stereocenters. The summed E-state index contributed by atoms with van der Waals surface area (Å²) in [7, 11) is 0. The van der Waals surface area contributed by atoms with Gasteiger partial charge in [0.25, 0.3) is 5.91 Å². The Morgan fingerprint density at radius 3 is 2.60 bits per heavy atom. The molecule has 0 aliphatic rings. The monoisotopic (exact) mass is 273 g/mol. The predicted octanol–water partition coefficient (Wildman–Crippen LogP) is 2.91. The smallest absolute Gasteiger partial charge is 0.251 e. The van der Waals surface area contributed by atoms with Gasteiger partial charge in [-0.3, -0.25) is 4.79 Å². The van der Waals surface area contributed by atoms with Crippen LogP contribution in [0.4, 0.5) is 5.69 Å². The number of benzene rings is 1. The van der Waals surface area contributed by atoms with E-state index in [9.17, 15) is 4.79 Å². The first kappa shape index (κ1) is 14.1. The third-order valence-electron chi connectivity index (χ3n) is 2.89. The molecule has 0 spiro atoms. The molecule has 0 radical (unpaired) electrons. The van der Waals surface area contributed by atoms with Crippen LogP contribution in [0.5, 0.6) is 0 Å². The second kappa shape index (κ2) is 6.23. The molecule has 0 aliphatic heterocycles. The Bertz CT molecular complexity index is 575. The van der Waals surface area contributed by atoms with E-state index >= 15 is 0 Å². The Morgan fingerprint density at radius 2 is 2.05 bits per heavy atom. The summed E-state index contributed by atoms with van der Waals surface area (Å²) in [6, 6.07) is 7.10. The van der Waals surface area contributed by atoms with E-state index in [0.717, 1.165) is 18.0 Å². The van der Waals surface area contributed by atoms with E-state index in [-0.39, 0.29) is 11.9 Å². The number of nitrogens with one attached hydrogen (secondary N) is 2. The molecule has 1 unspecified atom stereocenters. The van der Waals surface area contributed by atoms with Crippen LogP contribution in [0.25, 0.3) is 0 Å². The summed E-state index contributed by atoms with van der Waals surface area (Å²) in [5.41, 5.74) is 1.61. The number of carbonyl (C=O) groups excluding carboxylic acids is 1. The molecule has 106 valence electrons. The van der Waals surface area contributed by atoms with Crippen molar-refractivity contribution in [1.82, 2.24) is 10.3 Å². The maximum atomic E-state index is 12.1. The van der Waals surface area contributed by atoms with Gasteiger partial charge in [-0.25, -0.2) is 4.98 Å². The van der Waals surface area contributed by atoms with Gasteiger partial charge in [0.15, 0.2) is 0 Å². The van der Waals surface area contributed by atoms with Crippen LogP contribution in [0.1, 0.15) is 41.9 Å². The molecule has 2 aromatic rings. The Morgan fingerprint density at radius 1 is 1.35 bits per heavy atom. The minimum atomic E-state index is -0.260. The zero-order valence-electron chi connectivity index (χ0n) is 11.9. The summed E-state index contributed by atoms with van der Waals surface area (Å²) in [4.78, 5) is 16.2. The molecule has 0 saturated carbocycles. The van der Waals surface area contributed by atoms with Gasteiger partial charge in [0, 0.05) is 17.8 Å². The molecule has 0 fully saturated rings. The maximum Gasteiger partial charge on any atom is 0.251 e. The van der Waals surface area contributed by atoms with Gasteiger partial charge in [-0.2, -0.15) is 0 Å². The summed E-state index contributed by atoms with van der Waals surface area (Å²) in [5.74, 6) is 1.10. The number of aryl methyl sites for hydroxylation is 1. The van der Waals surface area contributed by atoms with E-state index in [2.05, 4.69) is 15.6 Å². The fourth-order valence-electron chi connectivity index (χ4n) is 1.86. The highest BCUT2D eigenvalue weighted by Crippen LogP contribution is 2.14. The number of amides is 1. The fourth-order valence-corrected chi connectivity index (χ4v) is 1.86. The van der Waals surface area contributed by atoms with E-state index < -0.39 is 0 Å². The molecule has 1 aromatic carbocycles. The lowest BCUT2D eigenvalue weighted by Crippen LogP contribution is -2.26. The fraction of sp³-hybridized carbons (Fsp3) is 0.333. The van der Waals surface area contributed by atoms with E-state index in [1.165, 1.54) is 0 Å². The van der Waals surface area contributed by atoms with Crippen molar-refractivity contribution in [1.29, 1.82) is 0 Å². The Hall–Kier alpha value is -2.30. The molecule has 1 amide bonds. The van der Waals surface area contributed by atoms with Crippen LogP contribution in [0.3, 0.4) is 0 Å². The summed E-state index contributed by atoms with van der Waals surface area (Å²) >= 11 is 0. The highest BCUT2D eigenvalue weighted by Gasteiger charge is 2.15. The van der Waals surface area contributed by atoms with Crippen LogP contribution in [0, 0.1) is 6.92 Å². The Balaban J connectivity index is 2.00. The van der Waals surface area contributed by atoms with Gasteiger partial charge >= 0.3 is 0 Å². The van der Waals surface area contributed by atoms with Gasteiger partial charge < -0.3 is 15.1 Å². The minimum Gasteiger partial charge on any atom is -0.444 e. The molecule has 20 heavy (non-hydrogen) atoms. The highest BCUT2D eigenvalue weighted by molar-refractivity contribution is 5.94. The molecular weight excluding hydrogens is 254 g/mol. The molecule has 0 aliphatic carbocycles. The molecule has 1 heterocycles. The van der Waals surface area contributed by atoms with Crippen molar-refractivity contribution < 1.29 is 9.21 Å². The summed E-state index contributed by atoms with van der Waals surface area (Å²) in [6.07, 6.45) is 1.64. The molecule has 0 saturated heterocycles. The number of carbonyl (C=O) groups is 1. The second-order valence-corrected chi connectivity index (χ2v) is 4.61. The molecular formula is C15H19N3O2. The molecule has 5 heteroatoms. The third kappa shape index (κ3) is 3.38. The lowest BCUT2D eigenvalue weighted by atomic mass is 10.2. The van der Waals surface area contributed by atoms with Crippen LogP contribution in [0.15, 0.2) is 34.9 Å². The third-order valence-corrected chi connectivity index (χ3v) is 2.89. The van der Waals surface area contributed by atoms with E-state index in [4.69, 9.17) is 4.42 Å². The Kier molecular flexibility index (Phi) is 4.40. The highest BCUT2D eigenvalue weighted by atomic mass is 16.4. The number of nitrogens with zero attached hydrogens (tertiary/aromatic N) is 1. The van der Waals surface area contributed by atoms with Crippen LogP contribution >= 0.6 is 0 Å². The van der Waals surface area contributed by atoms with Crippen molar-refractivity contribution in [2.24, 2.45) is 0 Å². The first-order valence-electron chi connectivity index (χ1n) is 6.67.